The Kier molecular flexibility index (Phi) is 6.64. The number of hydrogen-bond donors (Lipinski definition) is 3. The molecule has 0 spiro atoms. The number of carboxylic acid groups (broad SMARTS) is 1. The zero-order valence-electron chi connectivity index (χ0n) is 7.25. The quantitative estimate of drug-likeness (QED) is 0.450. The molecule has 0 rings (SSSR count). The van der Waals surface area contributed by atoms with E-state index in [4.69, 9.17) is 15.6 Å². The summed E-state index contributed by atoms with van der Waals surface area (Å²) in [6, 6.07) is -0.548. The molecule has 0 aliphatic heterocycles. The molecule has 1 unspecified atom stereocenters. The molecule has 12 heavy (non-hydrogen) atoms. The molecule has 0 aliphatic carbocycles. The van der Waals surface area contributed by atoms with Gasteiger partial charge in [0.1, 0.15) is 6.04 Å². The summed E-state index contributed by atoms with van der Waals surface area (Å²) in [7, 11) is 1.51. The zero-order chi connectivity index (χ0) is 9.40. The summed E-state index contributed by atoms with van der Waals surface area (Å²) in [5.41, 5.74) is 5.25. The first-order chi connectivity index (χ1) is 5.72. The SMILES string of the molecule is COCNC(CCCN)C(=O)O. The van der Waals surface area contributed by atoms with Crippen LogP contribution in [0, 0.1) is 0 Å². The van der Waals surface area contributed by atoms with E-state index in [0.29, 0.717) is 19.4 Å². The van der Waals surface area contributed by atoms with Crippen LogP contribution in [0.2, 0.25) is 0 Å². The maximum absolute atomic E-state index is 10.6. The lowest BCUT2D eigenvalue weighted by atomic mass is 10.1. The number of nitrogens with two attached hydrogens (primary N) is 1. The largest absolute Gasteiger partial charge is 0.480 e. The smallest absolute Gasteiger partial charge is 0.320 e. The fraction of sp³-hybridized carbons (Fsp3) is 0.857. The molecule has 0 amide bonds. The van der Waals surface area contributed by atoms with E-state index in [1.54, 1.807) is 0 Å². The average Bonchev–Trinajstić information content (AvgIpc) is 2.04. The number of carboxylic acids is 1. The van der Waals surface area contributed by atoms with E-state index >= 15 is 0 Å². The summed E-state index contributed by atoms with van der Waals surface area (Å²) in [6.45, 7) is 0.764. The molecule has 0 heterocycles. The highest BCUT2D eigenvalue weighted by molar-refractivity contribution is 5.73. The van der Waals surface area contributed by atoms with Gasteiger partial charge in [-0.15, -0.1) is 0 Å². The van der Waals surface area contributed by atoms with Gasteiger partial charge in [-0.25, -0.2) is 0 Å². The molecule has 0 aliphatic rings. The number of carbonyl (C=O) groups is 1. The van der Waals surface area contributed by atoms with Crippen LogP contribution in [-0.4, -0.2) is 37.5 Å². The van der Waals surface area contributed by atoms with E-state index in [-0.39, 0.29) is 6.73 Å². The summed E-state index contributed by atoms with van der Waals surface area (Å²) < 4.78 is 4.70. The average molecular weight is 176 g/mol. The zero-order valence-corrected chi connectivity index (χ0v) is 7.25. The molecule has 72 valence electrons. The van der Waals surface area contributed by atoms with Crippen LogP contribution in [0.25, 0.3) is 0 Å². The van der Waals surface area contributed by atoms with Crippen molar-refractivity contribution in [2.45, 2.75) is 18.9 Å². The van der Waals surface area contributed by atoms with Crippen molar-refractivity contribution in [2.75, 3.05) is 20.4 Å². The van der Waals surface area contributed by atoms with Gasteiger partial charge in [0, 0.05) is 7.11 Å². The third-order valence-electron chi connectivity index (χ3n) is 1.47. The molecular weight excluding hydrogens is 160 g/mol. The molecule has 4 N–H and O–H groups in total. The number of hydrogen-bond acceptors (Lipinski definition) is 4. The van der Waals surface area contributed by atoms with Gasteiger partial charge < -0.3 is 15.6 Å². The monoisotopic (exact) mass is 176 g/mol. The fourth-order valence-corrected chi connectivity index (χ4v) is 0.819. The molecule has 0 fully saturated rings. The minimum Gasteiger partial charge on any atom is -0.480 e. The van der Waals surface area contributed by atoms with Crippen molar-refractivity contribution in [1.82, 2.24) is 5.32 Å². The highest BCUT2D eigenvalue weighted by Gasteiger charge is 2.14. The number of rotatable bonds is 7. The second kappa shape index (κ2) is 7.02. The van der Waals surface area contributed by atoms with E-state index in [0.717, 1.165) is 0 Å². The molecular formula is C7H16N2O3. The van der Waals surface area contributed by atoms with Gasteiger partial charge in [-0.3, -0.25) is 10.1 Å². The fourth-order valence-electron chi connectivity index (χ4n) is 0.819. The normalized spacial score (nSPS) is 12.8. The highest BCUT2D eigenvalue weighted by Crippen LogP contribution is 1.95. The van der Waals surface area contributed by atoms with E-state index in [1.807, 2.05) is 0 Å². The molecule has 0 aromatic rings. The topological polar surface area (TPSA) is 84.6 Å². The first-order valence-electron chi connectivity index (χ1n) is 3.87. The highest BCUT2D eigenvalue weighted by atomic mass is 16.5. The summed E-state index contributed by atoms with van der Waals surface area (Å²) in [6.07, 6.45) is 1.24. The second-order valence-corrected chi connectivity index (χ2v) is 2.46. The summed E-state index contributed by atoms with van der Waals surface area (Å²) in [4.78, 5) is 10.6. The van der Waals surface area contributed by atoms with Crippen LogP contribution in [0.4, 0.5) is 0 Å². The molecule has 0 aromatic heterocycles. The van der Waals surface area contributed by atoms with Gasteiger partial charge in [0.15, 0.2) is 0 Å². The van der Waals surface area contributed by atoms with Gasteiger partial charge in [0.2, 0.25) is 0 Å². The number of aliphatic carboxylic acids is 1. The van der Waals surface area contributed by atoms with Crippen LogP contribution in [0.1, 0.15) is 12.8 Å². The Balaban J connectivity index is 3.62. The Hall–Kier alpha value is -0.650. The van der Waals surface area contributed by atoms with Crippen molar-refractivity contribution in [3.8, 4) is 0 Å². The van der Waals surface area contributed by atoms with Gasteiger partial charge in [-0.05, 0) is 19.4 Å². The Labute approximate surface area is 71.9 Å². The number of nitrogens with one attached hydrogen (secondary N) is 1. The molecule has 0 saturated heterocycles. The van der Waals surface area contributed by atoms with E-state index in [9.17, 15) is 4.79 Å². The van der Waals surface area contributed by atoms with E-state index in [1.165, 1.54) is 7.11 Å². The van der Waals surface area contributed by atoms with Crippen LogP contribution in [0.5, 0.6) is 0 Å². The van der Waals surface area contributed by atoms with Gasteiger partial charge in [-0.2, -0.15) is 0 Å². The Bertz CT molecular complexity index is 122. The van der Waals surface area contributed by atoms with Crippen molar-refractivity contribution >= 4 is 5.97 Å². The van der Waals surface area contributed by atoms with Crippen LogP contribution in [0.15, 0.2) is 0 Å². The Morgan fingerprint density at radius 1 is 1.75 bits per heavy atom. The van der Waals surface area contributed by atoms with Crippen molar-refractivity contribution in [2.24, 2.45) is 5.73 Å². The first-order valence-corrected chi connectivity index (χ1v) is 3.87. The lowest BCUT2D eigenvalue weighted by molar-refractivity contribution is -0.140. The molecule has 0 aromatic carbocycles. The minimum absolute atomic E-state index is 0.252. The van der Waals surface area contributed by atoms with Gasteiger partial charge in [0.05, 0.1) is 6.73 Å². The molecule has 5 nitrogen and oxygen atoms in total. The Morgan fingerprint density at radius 3 is 2.83 bits per heavy atom. The first kappa shape index (κ1) is 11.4. The second-order valence-electron chi connectivity index (χ2n) is 2.46. The van der Waals surface area contributed by atoms with Gasteiger partial charge in [-0.1, -0.05) is 0 Å². The van der Waals surface area contributed by atoms with Crippen molar-refractivity contribution in [1.29, 1.82) is 0 Å². The lowest BCUT2D eigenvalue weighted by Gasteiger charge is -2.12. The number of ether oxygens (including phenoxy) is 1. The van der Waals surface area contributed by atoms with Crippen molar-refractivity contribution in [3.63, 3.8) is 0 Å². The maximum Gasteiger partial charge on any atom is 0.320 e. The van der Waals surface area contributed by atoms with Crippen LogP contribution in [0.3, 0.4) is 0 Å². The number of methoxy groups -OCH3 is 1. The van der Waals surface area contributed by atoms with Crippen LogP contribution in [-0.2, 0) is 9.53 Å². The third-order valence-corrected chi connectivity index (χ3v) is 1.47. The summed E-state index contributed by atoms with van der Waals surface area (Å²) >= 11 is 0. The molecule has 0 bridgehead atoms. The van der Waals surface area contributed by atoms with Crippen LogP contribution < -0.4 is 11.1 Å². The van der Waals surface area contributed by atoms with Crippen LogP contribution >= 0.6 is 0 Å². The minimum atomic E-state index is -0.861. The molecule has 1 atom stereocenters. The molecule has 0 radical (unpaired) electrons. The van der Waals surface area contributed by atoms with E-state index < -0.39 is 12.0 Å². The maximum atomic E-state index is 10.6. The van der Waals surface area contributed by atoms with Crippen molar-refractivity contribution < 1.29 is 14.6 Å². The van der Waals surface area contributed by atoms with Crippen molar-refractivity contribution in [3.05, 3.63) is 0 Å². The molecule has 0 saturated carbocycles. The summed E-state index contributed by atoms with van der Waals surface area (Å²) in [5, 5.41) is 11.4. The predicted molar refractivity (Wildman–Crippen MR) is 44.7 cm³/mol. The standard InChI is InChI=1S/C7H16N2O3/c1-12-5-9-6(7(10)11)3-2-4-8/h6,9H,2-5,8H2,1H3,(H,10,11). The van der Waals surface area contributed by atoms with E-state index in [2.05, 4.69) is 5.32 Å². The predicted octanol–water partition coefficient (Wildman–Crippen LogP) is -0.628. The lowest BCUT2D eigenvalue weighted by Crippen LogP contribution is -2.38. The van der Waals surface area contributed by atoms with Gasteiger partial charge >= 0.3 is 5.97 Å². The summed E-state index contributed by atoms with van der Waals surface area (Å²) in [5.74, 6) is -0.861. The molecule has 5 heteroatoms. The third kappa shape index (κ3) is 5.06. The van der Waals surface area contributed by atoms with Gasteiger partial charge in [0.25, 0.3) is 0 Å². The Morgan fingerprint density at radius 2 is 2.42 bits per heavy atom.